The fourth-order valence-electron chi connectivity index (χ4n) is 3.16. The first kappa shape index (κ1) is 22.9. The molecule has 0 radical (unpaired) electrons. The molecule has 1 heterocycles. The SMILES string of the molecule is O=C(CN(Cc1ccccc1)S(=O)(=O)c1ccc(Br)cc1)NCCN1CCOCC1. The van der Waals surface area contributed by atoms with E-state index in [-0.39, 0.29) is 23.9 Å². The van der Waals surface area contributed by atoms with E-state index in [2.05, 4.69) is 26.1 Å². The van der Waals surface area contributed by atoms with Crippen LogP contribution in [0.15, 0.2) is 64.0 Å². The van der Waals surface area contributed by atoms with Crippen LogP contribution >= 0.6 is 15.9 Å². The zero-order valence-corrected chi connectivity index (χ0v) is 19.1. The zero-order valence-electron chi connectivity index (χ0n) is 16.7. The molecule has 30 heavy (non-hydrogen) atoms. The van der Waals surface area contributed by atoms with E-state index < -0.39 is 10.0 Å². The van der Waals surface area contributed by atoms with E-state index in [0.29, 0.717) is 26.3 Å². The molecule has 7 nitrogen and oxygen atoms in total. The largest absolute Gasteiger partial charge is 0.379 e. The number of sulfonamides is 1. The van der Waals surface area contributed by atoms with Gasteiger partial charge in [-0.05, 0) is 29.8 Å². The number of carbonyl (C=O) groups is 1. The molecule has 1 amide bonds. The summed E-state index contributed by atoms with van der Waals surface area (Å²) in [5.74, 6) is -0.320. The average molecular weight is 496 g/mol. The first-order valence-electron chi connectivity index (χ1n) is 9.81. The quantitative estimate of drug-likeness (QED) is 0.576. The molecule has 9 heteroatoms. The molecule has 2 aromatic carbocycles. The van der Waals surface area contributed by atoms with Crippen molar-refractivity contribution in [3.05, 3.63) is 64.6 Å². The van der Waals surface area contributed by atoms with Crippen LogP contribution in [0.25, 0.3) is 0 Å². The predicted octanol–water partition coefficient (Wildman–Crippen LogP) is 2.09. The molecular weight excluding hydrogens is 470 g/mol. The van der Waals surface area contributed by atoms with Crippen LogP contribution in [0.5, 0.6) is 0 Å². The molecule has 0 atom stereocenters. The van der Waals surface area contributed by atoms with Crippen LogP contribution in [-0.4, -0.2) is 69.5 Å². The van der Waals surface area contributed by atoms with Crippen molar-refractivity contribution in [2.75, 3.05) is 45.9 Å². The number of rotatable bonds is 9. The molecule has 2 aromatic rings. The molecule has 1 N–H and O–H groups in total. The van der Waals surface area contributed by atoms with E-state index in [0.717, 1.165) is 23.1 Å². The van der Waals surface area contributed by atoms with Gasteiger partial charge in [0.05, 0.1) is 24.7 Å². The molecule has 0 bridgehead atoms. The van der Waals surface area contributed by atoms with Gasteiger partial charge in [0, 0.05) is 37.2 Å². The molecule has 0 saturated carbocycles. The van der Waals surface area contributed by atoms with Crippen LogP contribution in [0, 0.1) is 0 Å². The Labute approximate surface area is 186 Å². The summed E-state index contributed by atoms with van der Waals surface area (Å²) in [5.41, 5.74) is 0.819. The maximum atomic E-state index is 13.2. The monoisotopic (exact) mass is 495 g/mol. The first-order chi connectivity index (χ1) is 14.4. The van der Waals surface area contributed by atoms with Crippen LogP contribution < -0.4 is 5.32 Å². The number of hydrogen-bond donors (Lipinski definition) is 1. The van der Waals surface area contributed by atoms with Crippen molar-refractivity contribution in [3.8, 4) is 0 Å². The van der Waals surface area contributed by atoms with Crippen LogP contribution in [0.1, 0.15) is 5.56 Å². The highest BCUT2D eigenvalue weighted by Crippen LogP contribution is 2.20. The Kier molecular flexibility index (Phi) is 8.41. The van der Waals surface area contributed by atoms with Gasteiger partial charge in [-0.25, -0.2) is 8.42 Å². The highest BCUT2D eigenvalue weighted by atomic mass is 79.9. The van der Waals surface area contributed by atoms with Crippen LogP contribution in [-0.2, 0) is 26.1 Å². The minimum atomic E-state index is -3.83. The van der Waals surface area contributed by atoms with Crippen LogP contribution in [0.3, 0.4) is 0 Å². The summed E-state index contributed by atoms with van der Waals surface area (Å²) >= 11 is 3.32. The van der Waals surface area contributed by atoms with Crippen LogP contribution in [0.4, 0.5) is 0 Å². The summed E-state index contributed by atoms with van der Waals surface area (Å²) in [6.07, 6.45) is 0. The van der Waals surface area contributed by atoms with E-state index in [9.17, 15) is 13.2 Å². The maximum absolute atomic E-state index is 13.2. The molecule has 1 aliphatic heterocycles. The molecule has 1 saturated heterocycles. The Morgan fingerprint density at radius 3 is 2.40 bits per heavy atom. The summed E-state index contributed by atoms with van der Waals surface area (Å²) < 4.78 is 33.8. The summed E-state index contributed by atoms with van der Waals surface area (Å²) in [6.45, 7) is 4.15. The standard InChI is InChI=1S/C21H26BrN3O4S/c22-19-6-8-20(9-7-19)30(27,28)25(16-18-4-2-1-3-5-18)17-21(26)23-10-11-24-12-14-29-15-13-24/h1-9H,10-17H2,(H,23,26). The summed E-state index contributed by atoms with van der Waals surface area (Å²) in [4.78, 5) is 14.9. The van der Waals surface area contributed by atoms with Gasteiger partial charge in [-0.2, -0.15) is 4.31 Å². The summed E-state index contributed by atoms with van der Waals surface area (Å²) in [6, 6.07) is 15.7. The Hall–Kier alpha value is -1.78. The van der Waals surface area contributed by atoms with Crippen molar-refractivity contribution in [2.45, 2.75) is 11.4 Å². The topological polar surface area (TPSA) is 79.0 Å². The molecule has 0 unspecified atom stereocenters. The second-order valence-corrected chi connectivity index (χ2v) is 9.87. The number of carbonyl (C=O) groups excluding carboxylic acids is 1. The molecule has 0 aromatic heterocycles. The lowest BCUT2D eigenvalue weighted by Crippen LogP contribution is -2.44. The third-order valence-corrected chi connectivity index (χ3v) is 7.16. The first-order valence-corrected chi connectivity index (χ1v) is 12.0. The van der Waals surface area contributed by atoms with Crippen molar-refractivity contribution in [3.63, 3.8) is 0 Å². The van der Waals surface area contributed by atoms with Crippen molar-refractivity contribution >= 4 is 31.9 Å². The number of morpholine rings is 1. The van der Waals surface area contributed by atoms with Gasteiger partial charge in [-0.15, -0.1) is 0 Å². The number of ether oxygens (including phenoxy) is 1. The van der Waals surface area contributed by atoms with Gasteiger partial charge in [-0.3, -0.25) is 9.69 Å². The average Bonchev–Trinajstić information content (AvgIpc) is 2.75. The fourth-order valence-corrected chi connectivity index (χ4v) is 4.81. The second kappa shape index (κ2) is 11.0. The zero-order chi connectivity index (χ0) is 21.4. The molecule has 0 aliphatic carbocycles. The Morgan fingerprint density at radius 2 is 1.73 bits per heavy atom. The third kappa shape index (κ3) is 6.61. The van der Waals surface area contributed by atoms with E-state index in [1.165, 1.54) is 16.4 Å². The van der Waals surface area contributed by atoms with E-state index in [4.69, 9.17) is 4.74 Å². The molecule has 3 rings (SSSR count). The number of halogens is 1. The lowest BCUT2D eigenvalue weighted by Gasteiger charge is -2.27. The summed E-state index contributed by atoms with van der Waals surface area (Å²) in [7, 11) is -3.83. The lowest BCUT2D eigenvalue weighted by molar-refractivity contribution is -0.121. The third-order valence-electron chi connectivity index (χ3n) is 4.83. The van der Waals surface area contributed by atoms with Crippen molar-refractivity contribution in [1.82, 2.24) is 14.5 Å². The van der Waals surface area contributed by atoms with Gasteiger partial charge >= 0.3 is 0 Å². The Bertz CT molecular complexity index is 917. The molecule has 1 fully saturated rings. The molecule has 1 aliphatic rings. The predicted molar refractivity (Wildman–Crippen MR) is 118 cm³/mol. The normalized spacial score (nSPS) is 15.3. The minimum Gasteiger partial charge on any atom is -0.379 e. The molecule has 0 spiro atoms. The van der Waals surface area contributed by atoms with Gasteiger partial charge < -0.3 is 10.1 Å². The smallest absolute Gasteiger partial charge is 0.243 e. The number of nitrogens with one attached hydrogen (secondary N) is 1. The van der Waals surface area contributed by atoms with Crippen LogP contribution in [0.2, 0.25) is 0 Å². The van der Waals surface area contributed by atoms with Gasteiger partial charge in [0.1, 0.15) is 0 Å². The number of amides is 1. The van der Waals surface area contributed by atoms with Gasteiger partial charge in [0.25, 0.3) is 0 Å². The van der Waals surface area contributed by atoms with Gasteiger partial charge in [0.2, 0.25) is 15.9 Å². The van der Waals surface area contributed by atoms with E-state index in [1.54, 1.807) is 12.1 Å². The number of benzene rings is 2. The van der Waals surface area contributed by atoms with Gasteiger partial charge in [0.15, 0.2) is 0 Å². The second-order valence-electron chi connectivity index (χ2n) is 7.02. The number of nitrogens with zero attached hydrogens (tertiary/aromatic N) is 2. The number of hydrogen-bond acceptors (Lipinski definition) is 5. The molecular formula is C21H26BrN3O4S. The van der Waals surface area contributed by atoms with Gasteiger partial charge in [-0.1, -0.05) is 46.3 Å². The molecule has 162 valence electrons. The minimum absolute atomic E-state index is 0.121. The maximum Gasteiger partial charge on any atom is 0.243 e. The Morgan fingerprint density at radius 1 is 1.07 bits per heavy atom. The van der Waals surface area contributed by atoms with Crippen molar-refractivity contribution < 1.29 is 17.9 Å². The van der Waals surface area contributed by atoms with Crippen molar-refractivity contribution in [2.24, 2.45) is 0 Å². The summed E-state index contributed by atoms with van der Waals surface area (Å²) in [5, 5.41) is 2.84. The highest BCUT2D eigenvalue weighted by Gasteiger charge is 2.27. The van der Waals surface area contributed by atoms with E-state index in [1.807, 2.05) is 30.3 Å². The highest BCUT2D eigenvalue weighted by molar-refractivity contribution is 9.10. The Balaban J connectivity index is 1.67. The lowest BCUT2D eigenvalue weighted by atomic mass is 10.2. The fraction of sp³-hybridized carbons (Fsp3) is 0.381. The van der Waals surface area contributed by atoms with E-state index >= 15 is 0 Å². The van der Waals surface area contributed by atoms with Crippen molar-refractivity contribution in [1.29, 1.82) is 0 Å².